The fourth-order valence-corrected chi connectivity index (χ4v) is 1.71. The zero-order chi connectivity index (χ0) is 11.4. The molecule has 0 spiro atoms. The minimum absolute atomic E-state index is 0.0354. The third-order valence-electron chi connectivity index (χ3n) is 2.16. The van der Waals surface area contributed by atoms with Crippen LogP contribution >= 0.6 is 11.6 Å². The lowest BCUT2D eigenvalue weighted by molar-refractivity contribution is 0.241. The van der Waals surface area contributed by atoms with E-state index >= 15 is 0 Å². The maximum Gasteiger partial charge on any atom is 0.138 e. The van der Waals surface area contributed by atoms with E-state index in [1.54, 1.807) is 0 Å². The third-order valence-corrected chi connectivity index (χ3v) is 2.57. The highest BCUT2D eigenvalue weighted by molar-refractivity contribution is 6.32. The molecule has 0 fully saturated rings. The van der Waals surface area contributed by atoms with Crippen LogP contribution < -0.4 is 4.74 Å². The Hall–Kier alpha value is -0.730. The number of halogens is 1. The van der Waals surface area contributed by atoms with E-state index in [4.69, 9.17) is 21.4 Å². The number of ether oxygens (including phenoxy) is 1. The Morgan fingerprint density at radius 1 is 1.33 bits per heavy atom. The second-order valence-electron chi connectivity index (χ2n) is 3.91. The number of hydrogen-bond acceptors (Lipinski definition) is 2. The van der Waals surface area contributed by atoms with Crippen molar-refractivity contribution in [3.05, 3.63) is 28.8 Å². The number of benzene rings is 1. The third kappa shape index (κ3) is 3.11. The van der Waals surface area contributed by atoms with Gasteiger partial charge in [0.25, 0.3) is 0 Å². The average molecular weight is 229 g/mol. The van der Waals surface area contributed by atoms with E-state index < -0.39 is 0 Å². The van der Waals surface area contributed by atoms with E-state index in [9.17, 15) is 0 Å². The molecule has 2 nitrogen and oxygen atoms in total. The van der Waals surface area contributed by atoms with Crippen LogP contribution in [0.5, 0.6) is 5.75 Å². The van der Waals surface area contributed by atoms with E-state index in [1.807, 2.05) is 39.0 Å². The highest BCUT2D eigenvalue weighted by Gasteiger charge is 2.13. The largest absolute Gasteiger partial charge is 0.489 e. The molecule has 0 bridgehead atoms. The molecule has 0 aliphatic carbocycles. The van der Waals surface area contributed by atoms with Crippen LogP contribution in [0.15, 0.2) is 18.2 Å². The molecule has 0 amide bonds. The summed E-state index contributed by atoms with van der Waals surface area (Å²) in [5, 5.41) is 9.69. The van der Waals surface area contributed by atoms with Gasteiger partial charge in [0.2, 0.25) is 0 Å². The summed E-state index contributed by atoms with van der Waals surface area (Å²) in [4.78, 5) is 0. The molecule has 0 heterocycles. The van der Waals surface area contributed by atoms with Gasteiger partial charge in [-0.1, -0.05) is 30.7 Å². The molecule has 0 radical (unpaired) electrons. The monoisotopic (exact) mass is 228 g/mol. The van der Waals surface area contributed by atoms with Crippen molar-refractivity contribution in [2.24, 2.45) is 0 Å². The molecule has 1 rings (SSSR count). The van der Waals surface area contributed by atoms with Crippen LogP contribution in [0.1, 0.15) is 32.3 Å². The van der Waals surface area contributed by atoms with Gasteiger partial charge in [-0.3, -0.25) is 0 Å². The molecule has 1 N–H and O–H groups in total. The minimum Gasteiger partial charge on any atom is -0.489 e. The van der Waals surface area contributed by atoms with E-state index in [0.29, 0.717) is 10.8 Å². The maximum atomic E-state index is 9.09. The Morgan fingerprint density at radius 2 is 2.00 bits per heavy atom. The number of rotatable bonds is 4. The van der Waals surface area contributed by atoms with Gasteiger partial charge in [0.1, 0.15) is 5.75 Å². The molecule has 84 valence electrons. The fraction of sp³-hybridized carbons (Fsp3) is 0.500. The van der Waals surface area contributed by atoms with Crippen molar-refractivity contribution in [3.8, 4) is 5.75 Å². The number of hydrogen-bond donors (Lipinski definition) is 1. The molecular weight excluding hydrogens is 212 g/mol. The Kier molecular flexibility index (Phi) is 4.43. The van der Waals surface area contributed by atoms with E-state index in [2.05, 4.69) is 0 Å². The van der Waals surface area contributed by atoms with Crippen molar-refractivity contribution >= 4 is 11.6 Å². The summed E-state index contributed by atoms with van der Waals surface area (Å²) < 4.78 is 5.57. The van der Waals surface area contributed by atoms with Crippen molar-refractivity contribution in [2.75, 3.05) is 6.61 Å². The normalized spacial score (nSPS) is 12.9. The van der Waals surface area contributed by atoms with Gasteiger partial charge in [0.15, 0.2) is 0 Å². The van der Waals surface area contributed by atoms with Gasteiger partial charge in [0, 0.05) is 12.5 Å². The lowest BCUT2D eigenvalue weighted by Crippen LogP contribution is -2.07. The lowest BCUT2D eigenvalue weighted by Gasteiger charge is -2.16. The Balaban J connectivity index is 3.00. The molecule has 1 unspecified atom stereocenters. The summed E-state index contributed by atoms with van der Waals surface area (Å²) in [6.45, 7) is 5.93. The smallest absolute Gasteiger partial charge is 0.138 e. The van der Waals surface area contributed by atoms with Crippen LogP contribution in [0.25, 0.3) is 0 Å². The fourth-order valence-electron chi connectivity index (χ4n) is 1.35. The predicted molar refractivity (Wildman–Crippen MR) is 62.7 cm³/mol. The van der Waals surface area contributed by atoms with E-state index in [1.165, 1.54) is 0 Å². The average Bonchev–Trinajstić information content (AvgIpc) is 2.19. The van der Waals surface area contributed by atoms with Crippen molar-refractivity contribution in [3.63, 3.8) is 0 Å². The van der Waals surface area contributed by atoms with Gasteiger partial charge in [-0.25, -0.2) is 0 Å². The molecule has 0 aromatic heterocycles. The molecule has 0 saturated carbocycles. The first-order valence-electron chi connectivity index (χ1n) is 5.12. The molecule has 0 saturated heterocycles. The van der Waals surface area contributed by atoms with Crippen molar-refractivity contribution < 1.29 is 9.84 Å². The quantitative estimate of drug-likeness (QED) is 0.858. The predicted octanol–water partition coefficient (Wildman–Crippen LogP) is 3.22. The lowest BCUT2D eigenvalue weighted by atomic mass is 10.0. The first kappa shape index (κ1) is 12.3. The molecule has 0 aliphatic rings. The first-order valence-corrected chi connectivity index (χ1v) is 5.50. The van der Waals surface area contributed by atoms with Crippen molar-refractivity contribution in [1.82, 2.24) is 0 Å². The van der Waals surface area contributed by atoms with Crippen LogP contribution in [0.3, 0.4) is 0 Å². The summed E-state index contributed by atoms with van der Waals surface area (Å²) in [5.74, 6) is 0.720. The van der Waals surface area contributed by atoms with E-state index in [0.717, 1.165) is 5.56 Å². The van der Waals surface area contributed by atoms with Crippen LogP contribution in [0, 0.1) is 0 Å². The summed E-state index contributed by atoms with van der Waals surface area (Å²) in [6, 6.07) is 5.65. The molecule has 0 aliphatic heterocycles. The number of aliphatic hydroxyl groups excluding tert-OH is 1. The molecule has 1 atom stereocenters. The Morgan fingerprint density at radius 3 is 2.53 bits per heavy atom. The topological polar surface area (TPSA) is 29.5 Å². The highest BCUT2D eigenvalue weighted by atomic mass is 35.5. The minimum atomic E-state index is 0.0354. The molecule has 15 heavy (non-hydrogen) atoms. The summed E-state index contributed by atoms with van der Waals surface area (Å²) >= 11 is 6.19. The summed E-state index contributed by atoms with van der Waals surface area (Å²) in [7, 11) is 0. The maximum absolute atomic E-state index is 9.09. The van der Waals surface area contributed by atoms with Crippen LogP contribution in [0.4, 0.5) is 0 Å². The van der Waals surface area contributed by atoms with Gasteiger partial charge in [-0.05, 0) is 25.5 Å². The van der Waals surface area contributed by atoms with Crippen LogP contribution in [0.2, 0.25) is 5.02 Å². The van der Waals surface area contributed by atoms with Gasteiger partial charge >= 0.3 is 0 Å². The molecule has 3 heteroatoms. The van der Waals surface area contributed by atoms with Crippen LogP contribution in [-0.4, -0.2) is 17.8 Å². The zero-order valence-corrected chi connectivity index (χ0v) is 10.1. The Labute approximate surface area is 95.8 Å². The number of aliphatic hydroxyl groups is 1. The SMILES string of the molecule is CC(C)Oc1cccc(C(C)CO)c1Cl. The Bertz CT molecular complexity index is 323. The molecular formula is C12H17ClO2. The summed E-state index contributed by atoms with van der Waals surface area (Å²) in [6.07, 6.45) is 0.0992. The first-order chi connectivity index (χ1) is 7.06. The van der Waals surface area contributed by atoms with Crippen molar-refractivity contribution in [1.29, 1.82) is 0 Å². The van der Waals surface area contributed by atoms with Gasteiger partial charge in [-0.15, -0.1) is 0 Å². The summed E-state index contributed by atoms with van der Waals surface area (Å²) in [5.41, 5.74) is 0.928. The van der Waals surface area contributed by atoms with Gasteiger partial charge in [0.05, 0.1) is 11.1 Å². The van der Waals surface area contributed by atoms with E-state index in [-0.39, 0.29) is 18.6 Å². The second kappa shape index (κ2) is 5.38. The van der Waals surface area contributed by atoms with Gasteiger partial charge in [-0.2, -0.15) is 0 Å². The zero-order valence-electron chi connectivity index (χ0n) is 9.33. The molecule has 1 aromatic carbocycles. The molecule has 1 aromatic rings. The van der Waals surface area contributed by atoms with Crippen molar-refractivity contribution in [2.45, 2.75) is 32.8 Å². The second-order valence-corrected chi connectivity index (χ2v) is 4.29. The van der Waals surface area contributed by atoms with Crippen LogP contribution in [-0.2, 0) is 0 Å². The standard InChI is InChI=1S/C12H17ClO2/c1-8(2)15-11-6-4-5-10(12(11)13)9(3)7-14/h4-6,8-9,14H,7H2,1-3H3. The highest BCUT2D eigenvalue weighted by Crippen LogP contribution is 2.33. The van der Waals surface area contributed by atoms with Gasteiger partial charge < -0.3 is 9.84 Å².